The Bertz CT molecular complexity index is 459. The van der Waals surface area contributed by atoms with Crippen LogP contribution in [-0.4, -0.2) is 53.4 Å². The van der Waals surface area contributed by atoms with Gasteiger partial charge in [-0.05, 0) is 32.4 Å². The van der Waals surface area contributed by atoms with Gasteiger partial charge in [-0.3, -0.25) is 4.79 Å². The van der Waals surface area contributed by atoms with Gasteiger partial charge >= 0.3 is 0 Å². The van der Waals surface area contributed by atoms with Gasteiger partial charge in [0.1, 0.15) is 4.88 Å². The van der Waals surface area contributed by atoms with Crippen LogP contribution in [0, 0.1) is 5.92 Å². The molecule has 0 radical (unpaired) electrons. The summed E-state index contributed by atoms with van der Waals surface area (Å²) in [5, 5.41) is 0. The summed E-state index contributed by atoms with van der Waals surface area (Å²) in [6.45, 7) is 5.05. The van der Waals surface area contributed by atoms with Crippen LogP contribution in [0.3, 0.4) is 0 Å². The van der Waals surface area contributed by atoms with Crippen LogP contribution in [0.4, 0.5) is 0 Å². The fourth-order valence-electron chi connectivity index (χ4n) is 3.18. The summed E-state index contributed by atoms with van der Waals surface area (Å²) in [4.78, 5) is 22.0. The molecule has 0 N–H and O–H groups in total. The van der Waals surface area contributed by atoms with Gasteiger partial charge in [-0.2, -0.15) is 0 Å². The van der Waals surface area contributed by atoms with E-state index in [-0.39, 0.29) is 5.91 Å². The van der Waals surface area contributed by atoms with Crippen LogP contribution >= 0.6 is 11.3 Å². The predicted molar refractivity (Wildman–Crippen MR) is 71.9 cm³/mol. The Balaban J connectivity index is 1.75. The first-order chi connectivity index (χ1) is 8.70. The average molecular weight is 265 g/mol. The van der Waals surface area contributed by atoms with Crippen molar-refractivity contribution in [3.63, 3.8) is 0 Å². The summed E-state index contributed by atoms with van der Waals surface area (Å²) in [6.07, 6.45) is 2.07. The van der Waals surface area contributed by atoms with E-state index in [4.69, 9.17) is 0 Å². The van der Waals surface area contributed by atoms with Crippen molar-refractivity contribution in [1.82, 2.24) is 14.8 Å². The monoisotopic (exact) mass is 265 g/mol. The lowest BCUT2D eigenvalue weighted by molar-refractivity contribution is 0.0778. The molecule has 1 aromatic heterocycles. The molecule has 0 aromatic carbocycles. The Morgan fingerprint density at radius 3 is 3.11 bits per heavy atom. The molecule has 0 aliphatic carbocycles. The molecule has 3 rings (SSSR count). The number of likely N-dealkylation sites (tertiary alicyclic amines) is 2. The number of rotatable bonds is 2. The topological polar surface area (TPSA) is 36.4 Å². The van der Waals surface area contributed by atoms with Crippen LogP contribution in [0.5, 0.6) is 0 Å². The summed E-state index contributed by atoms with van der Waals surface area (Å²) in [5.74, 6) is 0.870. The molecule has 3 heterocycles. The molecule has 0 bridgehead atoms. The number of aryl methyl sites for hydroxylation is 1. The molecule has 5 heteroatoms. The van der Waals surface area contributed by atoms with Gasteiger partial charge in [0, 0.05) is 19.1 Å². The lowest BCUT2D eigenvalue weighted by atomic mass is 10.1. The first-order valence-electron chi connectivity index (χ1n) is 6.62. The minimum atomic E-state index is 0.192. The first kappa shape index (κ1) is 12.1. The van der Waals surface area contributed by atoms with E-state index in [0.717, 1.165) is 30.1 Å². The van der Waals surface area contributed by atoms with E-state index in [9.17, 15) is 4.79 Å². The number of hydrogen-bond acceptors (Lipinski definition) is 4. The SMILES string of the molecule is CCc1ncsc1C(=O)N1C[C@@H]2CCN(C)[C@@H]2C1. The molecular formula is C13H19N3OS. The van der Waals surface area contributed by atoms with Gasteiger partial charge in [-0.25, -0.2) is 4.98 Å². The maximum Gasteiger partial charge on any atom is 0.265 e. The fraction of sp³-hybridized carbons (Fsp3) is 0.692. The number of nitrogens with zero attached hydrogens (tertiary/aromatic N) is 3. The highest BCUT2D eigenvalue weighted by Crippen LogP contribution is 2.31. The highest BCUT2D eigenvalue weighted by Gasteiger charge is 2.41. The van der Waals surface area contributed by atoms with Crippen LogP contribution < -0.4 is 0 Å². The molecule has 4 nitrogen and oxygen atoms in total. The third-order valence-corrected chi connectivity index (χ3v) is 5.14. The minimum Gasteiger partial charge on any atom is -0.336 e. The van der Waals surface area contributed by atoms with Crippen LogP contribution in [0.25, 0.3) is 0 Å². The van der Waals surface area contributed by atoms with E-state index in [1.54, 1.807) is 5.51 Å². The van der Waals surface area contributed by atoms with E-state index < -0.39 is 0 Å². The molecule has 0 unspecified atom stereocenters. The number of carbonyl (C=O) groups is 1. The molecule has 1 amide bonds. The largest absolute Gasteiger partial charge is 0.336 e. The molecule has 0 spiro atoms. The van der Waals surface area contributed by atoms with Crippen molar-refractivity contribution in [3.8, 4) is 0 Å². The second-order valence-electron chi connectivity index (χ2n) is 5.29. The van der Waals surface area contributed by atoms with Crippen molar-refractivity contribution >= 4 is 17.2 Å². The molecule has 98 valence electrons. The third kappa shape index (κ3) is 1.86. The zero-order chi connectivity index (χ0) is 12.7. The van der Waals surface area contributed by atoms with Crippen molar-refractivity contribution in [2.75, 3.05) is 26.7 Å². The van der Waals surface area contributed by atoms with Crippen LogP contribution in [0.2, 0.25) is 0 Å². The standard InChI is InChI=1S/C13H19N3OS/c1-3-10-12(18-8-14-10)13(17)16-6-9-4-5-15(2)11(9)7-16/h8-9,11H,3-7H2,1-2H3/t9-,11+/m0/s1. The highest BCUT2D eigenvalue weighted by molar-refractivity contribution is 7.11. The third-order valence-electron chi connectivity index (χ3n) is 4.28. The lowest BCUT2D eigenvalue weighted by Gasteiger charge is -2.20. The minimum absolute atomic E-state index is 0.192. The van der Waals surface area contributed by atoms with Crippen LogP contribution in [0.15, 0.2) is 5.51 Å². The number of hydrogen-bond donors (Lipinski definition) is 0. The van der Waals surface area contributed by atoms with Gasteiger partial charge in [0.2, 0.25) is 0 Å². The molecule has 18 heavy (non-hydrogen) atoms. The fourth-order valence-corrected chi connectivity index (χ4v) is 4.03. The van der Waals surface area contributed by atoms with Gasteiger partial charge in [0.25, 0.3) is 5.91 Å². The van der Waals surface area contributed by atoms with Crippen LogP contribution in [-0.2, 0) is 6.42 Å². The van der Waals surface area contributed by atoms with E-state index in [0.29, 0.717) is 12.0 Å². The summed E-state index contributed by atoms with van der Waals surface area (Å²) in [6, 6.07) is 0.576. The zero-order valence-corrected chi connectivity index (χ0v) is 11.7. The van der Waals surface area contributed by atoms with E-state index >= 15 is 0 Å². The molecule has 2 fully saturated rings. The van der Waals surface area contributed by atoms with Crippen molar-refractivity contribution in [2.24, 2.45) is 5.92 Å². The highest BCUT2D eigenvalue weighted by atomic mass is 32.1. The van der Waals surface area contributed by atoms with Gasteiger partial charge in [0.05, 0.1) is 11.2 Å². The number of aromatic nitrogens is 1. The number of likely N-dealkylation sites (N-methyl/N-ethyl adjacent to an activating group) is 1. The van der Waals surface area contributed by atoms with E-state index in [1.807, 2.05) is 4.90 Å². The molecule has 2 atom stereocenters. The first-order valence-corrected chi connectivity index (χ1v) is 7.50. The van der Waals surface area contributed by atoms with Gasteiger partial charge < -0.3 is 9.80 Å². The van der Waals surface area contributed by atoms with Crippen molar-refractivity contribution in [3.05, 3.63) is 16.1 Å². The van der Waals surface area contributed by atoms with E-state index in [1.165, 1.54) is 24.3 Å². The molecule has 0 saturated carbocycles. The van der Waals surface area contributed by atoms with Gasteiger partial charge in [-0.1, -0.05) is 6.92 Å². The summed E-state index contributed by atoms with van der Waals surface area (Å²) in [5.41, 5.74) is 2.74. The Morgan fingerprint density at radius 1 is 1.56 bits per heavy atom. The molecule has 2 aliphatic rings. The molecule has 2 saturated heterocycles. The summed E-state index contributed by atoms with van der Waals surface area (Å²) >= 11 is 1.48. The number of amides is 1. The number of fused-ring (bicyclic) bond motifs is 1. The Kier molecular flexibility index (Phi) is 3.11. The average Bonchev–Trinajstić information content (AvgIpc) is 3.05. The lowest BCUT2D eigenvalue weighted by Crippen LogP contribution is -2.35. The Labute approximate surface area is 112 Å². The molecular weight excluding hydrogens is 246 g/mol. The number of carbonyl (C=O) groups excluding carboxylic acids is 1. The van der Waals surface area contributed by atoms with Gasteiger partial charge in [-0.15, -0.1) is 11.3 Å². The second kappa shape index (κ2) is 4.63. The van der Waals surface area contributed by atoms with Gasteiger partial charge in [0.15, 0.2) is 0 Å². The Hall–Kier alpha value is -0.940. The molecule has 1 aromatic rings. The smallest absolute Gasteiger partial charge is 0.265 e. The van der Waals surface area contributed by atoms with Crippen molar-refractivity contribution < 1.29 is 4.79 Å². The quantitative estimate of drug-likeness (QED) is 0.813. The van der Waals surface area contributed by atoms with Crippen molar-refractivity contribution in [1.29, 1.82) is 0 Å². The van der Waals surface area contributed by atoms with Crippen molar-refractivity contribution in [2.45, 2.75) is 25.8 Å². The van der Waals surface area contributed by atoms with Crippen LogP contribution in [0.1, 0.15) is 28.7 Å². The zero-order valence-electron chi connectivity index (χ0n) is 10.9. The summed E-state index contributed by atoms with van der Waals surface area (Å²) < 4.78 is 0. The molecule has 2 aliphatic heterocycles. The summed E-state index contributed by atoms with van der Waals surface area (Å²) in [7, 11) is 2.17. The predicted octanol–water partition coefficient (Wildman–Crippen LogP) is 1.48. The maximum atomic E-state index is 12.5. The number of thiazole rings is 1. The van der Waals surface area contributed by atoms with E-state index in [2.05, 4.69) is 23.9 Å². The normalized spacial score (nSPS) is 27.8. The Morgan fingerprint density at radius 2 is 2.39 bits per heavy atom. The second-order valence-corrected chi connectivity index (χ2v) is 6.14. The maximum absolute atomic E-state index is 12.5.